The third-order valence-corrected chi connectivity index (χ3v) is 5.14. The van der Waals surface area contributed by atoms with Gasteiger partial charge in [0.05, 0.1) is 22.3 Å². The number of ketones is 1. The van der Waals surface area contributed by atoms with E-state index in [-0.39, 0.29) is 17.9 Å². The predicted octanol–water partition coefficient (Wildman–Crippen LogP) is 4.93. The van der Waals surface area contributed by atoms with Crippen LogP contribution in [0.4, 0.5) is 0 Å². The molecule has 0 atom stereocenters. The van der Waals surface area contributed by atoms with Gasteiger partial charge in [0.25, 0.3) is 0 Å². The monoisotopic (exact) mass is 437 g/mol. The van der Waals surface area contributed by atoms with Crippen LogP contribution in [0.25, 0.3) is 11.3 Å². The van der Waals surface area contributed by atoms with E-state index in [1.54, 1.807) is 46.6 Å². The Hall–Kier alpha value is -1.82. The molecule has 0 unspecified atom stereocenters. The number of nitrogens with one attached hydrogen (secondary N) is 1. The van der Waals surface area contributed by atoms with Gasteiger partial charge in [0.15, 0.2) is 5.78 Å². The molecule has 0 spiro atoms. The quantitative estimate of drug-likeness (QED) is 0.577. The van der Waals surface area contributed by atoms with E-state index in [1.807, 2.05) is 18.2 Å². The maximum Gasteiger partial charge on any atom is 0.202 e. The standard InChI is InChI=1S/C18H14BrCl2N3O/c1-23-16(11-5-6-14(20)15(21)8-11)9-24(18(23)22)10-17(25)12-3-2-4-13(19)7-12/h2-9,22H,10H2,1H3. The molecular formula is C18H14BrCl2N3O. The van der Waals surface area contributed by atoms with Crippen LogP contribution in [0.5, 0.6) is 0 Å². The molecule has 0 aliphatic rings. The Morgan fingerprint density at radius 3 is 2.60 bits per heavy atom. The summed E-state index contributed by atoms with van der Waals surface area (Å²) in [4.78, 5) is 12.5. The molecule has 1 N–H and O–H groups in total. The van der Waals surface area contributed by atoms with Crippen LogP contribution >= 0.6 is 39.1 Å². The minimum Gasteiger partial charge on any atom is -0.314 e. The van der Waals surface area contributed by atoms with Crippen LogP contribution in [-0.4, -0.2) is 14.9 Å². The summed E-state index contributed by atoms with van der Waals surface area (Å²) in [5, 5.41) is 9.19. The Balaban J connectivity index is 1.95. The van der Waals surface area contributed by atoms with E-state index in [4.69, 9.17) is 28.6 Å². The number of carbonyl (C=O) groups is 1. The SMILES string of the molecule is Cn1c(-c2ccc(Cl)c(Cl)c2)cn(CC(=O)c2cccc(Br)c2)c1=N. The van der Waals surface area contributed by atoms with Gasteiger partial charge < -0.3 is 9.13 Å². The van der Waals surface area contributed by atoms with E-state index < -0.39 is 0 Å². The molecule has 25 heavy (non-hydrogen) atoms. The van der Waals surface area contributed by atoms with Crippen LogP contribution in [0.2, 0.25) is 10.0 Å². The number of halogens is 3. The molecule has 0 aliphatic heterocycles. The van der Waals surface area contributed by atoms with Gasteiger partial charge in [-0.3, -0.25) is 10.2 Å². The number of hydrogen-bond acceptors (Lipinski definition) is 2. The third kappa shape index (κ3) is 3.73. The summed E-state index contributed by atoms with van der Waals surface area (Å²) >= 11 is 15.4. The summed E-state index contributed by atoms with van der Waals surface area (Å²) in [6, 6.07) is 12.5. The van der Waals surface area contributed by atoms with Crippen molar-refractivity contribution in [2.45, 2.75) is 6.54 Å². The van der Waals surface area contributed by atoms with Crippen molar-refractivity contribution in [2.24, 2.45) is 7.05 Å². The Labute approximate surface area is 163 Å². The molecule has 0 amide bonds. The molecule has 3 rings (SSSR count). The van der Waals surface area contributed by atoms with Crippen LogP contribution < -0.4 is 5.62 Å². The van der Waals surface area contributed by atoms with Crippen LogP contribution in [0.3, 0.4) is 0 Å². The Morgan fingerprint density at radius 1 is 1.16 bits per heavy atom. The normalized spacial score (nSPS) is 10.9. The molecule has 0 radical (unpaired) electrons. The van der Waals surface area contributed by atoms with Gasteiger partial charge in [0, 0.05) is 28.8 Å². The highest BCUT2D eigenvalue weighted by atomic mass is 79.9. The number of nitrogens with zero attached hydrogens (tertiary/aromatic N) is 2. The largest absolute Gasteiger partial charge is 0.314 e. The van der Waals surface area contributed by atoms with Crippen molar-refractivity contribution in [2.75, 3.05) is 0 Å². The number of Topliss-reactive ketones (excluding diaryl/α,β-unsaturated/α-hetero) is 1. The fourth-order valence-corrected chi connectivity index (χ4v) is 3.25. The van der Waals surface area contributed by atoms with E-state index in [1.165, 1.54) is 0 Å². The van der Waals surface area contributed by atoms with Crippen molar-refractivity contribution in [3.8, 4) is 11.3 Å². The van der Waals surface area contributed by atoms with Crippen molar-refractivity contribution >= 4 is 44.9 Å². The lowest BCUT2D eigenvalue weighted by Gasteiger charge is -2.03. The van der Waals surface area contributed by atoms with Gasteiger partial charge in [0.2, 0.25) is 5.62 Å². The van der Waals surface area contributed by atoms with E-state index in [9.17, 15) is 4.79 Å². The summed E-state index contributed by atoms with van der Waals surface area (Å²) in [7, 11) is 1.78. The summed E-state index contributed by atoms with van der Waals surface area (Å²) in [5.74, 6) is -0.0638. The van der Waals surface area contributed by atoms with Crippen molar-refractivity contribution in [1.29, 1.82) is 5.41 Å². The lowest BCUT2D eigenvalue weighted by molar-refractivity contribution is 0.0970. The molecule has 0 saturated carbocycles. The average Bonchev–Trinajstić information content (AvgIpc) is 2.86. The number of hydrogen-bond donors (Lipinski definition) is 1. The molecule has 4 nitrogen and oxygen atoms in total. The van der Waals surface area contributed by atoms with Crippen molar-refractivity contribution < 1.29 is 4.79 Å². The zero-order chi connectivity index (χ0) is 18.1. The molecule has 0 saturated heterocycles. The second-order valence-electron chi connectivity index (χ2n) is 5.59. The Morgan fingerprint density at radius 2 is 1.92 bits per heavy atom. The van der Waals surface area contributed by atoms with E-state index in [2.05, 4.69) is 15.9 Å². The van der Waals surface area contributed by atoms with Crippen LogP contribution in [0, 0.1) is 5.41 Å². The predicted molar refractivity (Wildman–Crippen MR) is 103 cm³/mol. The van der Waals surface area contributed by atoms with Crippen molar-refractivity contribution in [3.05, 3.63) is 74.4 Å². The topological polar surface area (TPSA) is 50.8 Å². The first-order chi connectivity index (χ1) is 11.9. The van der Waals surface area contributed by atoms with Gasteiger partial charge in [-0.25, -0.2) is 0 Å². The van der Waals surface area contributed by atoms with Gasteiger partial charge in [-0.15, -0.1) is 0 Å². The zero-order valence-corrected chi connectivity index (χ0v) is 16.4. The van der Waals surface area contributed by atoms with E-state index in [0.717, 1.165) is 15.7 Å². The molecule has 7 heteroatoms. The highest BCUT2D eigenvalue weighted by Gasteiger charge is 2.13. The Bertz CT molecular complexity index is 1020. The van der Waals surface area contributed by atoms with Crippen LogP contribution in [0.1, 0.15) is 10.4 Å². The van der Waals surface area contributed by atoms with Gasteiger partial charge >= 0.3 is 0 Å². The smallest absolute Gasteiger partial charge is 0.202 e. The highest BCUT2D eigenvalue weighted by Crippen LogP contribution is 2.28. The maximum absolute atomic E-state index is 12.5. The molecule has 1 heterocycles. The number of aromatic nitrogens is 2. The second kappa shape index (κ2) is 7.20. The summed E-state index contributed by atoms with van der Waals surface area (Å²) < 4.78 is 4.16. The van der Waals surface area contributed by atoms with Crippen LogP contribution in [0.15, 0.2) is 53.1 Å². The number of rotatable bonds is 4. The molecule has 1 aromatic heterocycles. The average molecular weight is 439 g/mol. The first-order valence-corrected chi connectivity index (χ1v) is 8.96. The van der Waals surface area contributed by atoms with Crippen LogP contribution in [-0.2, 0) is 13.6 Å². The zero-order valence-electron chi connectivity index (χ0n) is 13.3. The molecule has 3 aromatic rings. The molecular weight excluding hydrogens is 425 g/mol. The number of imidazole rings is 1. The third-order valence-electron chi connectivity index (χ3n) is 3.91. The van der Waals surface area contributed by atoms with E-state index in [0.29, 0.717) is 15.6 Å². The minimum absolute atomic E-state index is 0.0638. The van der Waals surface area contributed by atoms with Gasteiger partial charge in [-0.1, -0.05) is 57.3 Å². The highest BCUT2D eigenvalue weighted by molar-refractivity contribution is 9.10. The first kappa shape index (κ1) is 18.0. The van der Waals surface area contributed by atoms with Crippen molar-refractivity contribution in [1.82, 2.24) is 9.13 Å². The summed E-state index contributed by atoms with van der Waals surface area (Å²) in [5.41, 5.74) is 2.44. The molecule has 2 aromatic carbocycles. The lowest BCUT2D eigenvalue weighted by Crippen LogP contribution is -2.25. The maximum atomic E-state index is 12.5. The molecule has 0 fully saturated rings. The summed E-state index contributed by atoms with van der Waals surface area (Å²) in [6.45, 7) is 0.0877. The van der Waals surface area contributed by atoms with Gasteiger partial charge in [-0.05, 0) is 24.3 Å². The molecule has 128 valence electrons. The first-order valence-electron chi connectivity index (χ1n) is 7.42. The number of carbonyl (C=O) groups excluding carboxylic acids is 1. The number of benzene rings is 2. The fourth-order valence-electron chi connectivity index (χ4n) is 2.55. The Kier molecular flexibility index (Phi) is 5.18. The lowest BCUT2D eigenvalue weighted by atomic mass is 10.1. The fraction of sp³-hybridized carbons (Fsp3) is 0.111. The molecule has 0 aliphatic carbocycles. The summed E-state index contributed by atoms with van der Waals surface area (Å²) in [6.07, 6.45) is 1.78. The van der Waals surface area contributed by atoms with Gasteiger partial charge in [0.1, 0.15) is 0 Å². The van der Waals surface area contributed by atoms with E-state index >= 15 is 0 Å². The van der Waals surface area contributed by atoms with Crippen molar-refractivity contribution in [3.63, 3.8) is 0 Å². The molecule has 0 bridgehead atoms. The minimum atomic E-state index is -0.0638. The van der Waals surface area contributed by atoms with Gasteiger partial charge in [-0.2, -0.15) is 0 Å². The second-order valence-corrected chi connectivity index (χ2v) is 7.32.